The molecule has 1 amide bonds. The topological polar surface area (TPSA) is 68.0 Å². The SMILES string of the molecule is NNC(=O)CSCc1cccnc1. The number of hydrogen-bond acceptors (Lipinski definition) is 4. The Morgan fingerprint density at radius 1 is 1.69 bits per heavy atom. The third-order valence-electron chi connectivity index (χ3n) is 1.39. The number of pyridine rings is 1. The van der Waals surface area contributed by atoms with Crippen LogP contribution in [-0.4, -0.2) is 16.6 Å². The summed E-state index contributed by atoms with van der Waals surface area (Å²) in [6.07, 6.45) is 3.51. The zero-order valence-corrected chi connectivity index (χ0v) is 7.88. The highest BCUT2D eigenvalue weighted by atomic mass is 32.2. The van der Waals surface area contributed by atoms with Crippen molar-refractivity contribution in [2.75, 3.05) is 5.75 Å². The summed E-state index contributed by atoms with van der Waals surface area (Å²) < 4.78 is 0. The van der Waals surface area contributed by atoms with Crippen molar-refractivity contribution in [2.24, 2.45) is 5.84 Å². The van der Waals surface area contributed by atoms with Gasteiger partial charge in [0.05, 0.1) is 5.75 Å². The predicted molar refractivity (Wildman–Crippen MR) is 52.7 cm³/mol. The van der Waals surface area contributed by atoms with Crippen molar-refractivity contribution >= 4 is 17.7 Å². The lowest BCUT2D eigenvalue weighted by molar-refractivity contribution is -0.118. The predicted octanol–water partition coefficient (Wildman–Crippen LogP) is 0.305. The molecule has 0 aliphatic heterocycles. The van der Waals surface area contributed by atoms with E-state index in [0.717, 1.165) is 11.3 Å². The molecule has 1 aromatic rings. The molecule has 0 aromatic carbocycles. The van der Waals surface area contributed by atoms with Crippen molar-refractivity contribution < 1.29 is 4.79 Å². The lowest BCUT2D eigenvalue weighted by atomic mass is 10.3. The summed E-state index contributed by atoms with van der Waals surface area (Å²) in [4.78, 5) is 14.7. The van der Waals surface area contributed by atoms with Crippen LogP contribution in [0.1, 0.15) is 5.56 Å². The van der Waals surface area contributed by atoms with Gasteiger partial charge >= 0.3 is 0 Å². The molecule has 0 spiro atoms. The summed E-state index contributed by atoms with van der Waals surface area (Å²) in [6.45, 7) is 0. The molecular formula is C8H11N3OS. The Kier molecular flexibility index (Phi) is 4.28. The van der Waals surface area contributed by atoms with Gasteiger partial charge in [0, 0.05) is 18.1 Å². The van der Waals surface area contributed by atoms with E-state index in [1.54, 1.807) is 12.4 Å². The molecule has 3 N–H and O–H groups in total. The first-order chi connectivity index (χ1) is 6.33. The first-order valence-corrected chi connectivity index (χ1v) is 4.94. The minimum absolute atomic E-state index is 0.158. The van der Waals surface area contributed by atoms with Gasteiger partial charge in [0.2, 0.25) is 5.91 Å². The van der Waals surface area contributed by atoms with Crippen molar-refractivity contribution in [1.29, 1.82) is 0 Å². The number of carbonyl (C=O) groups is 1. The van der Waals surface area contributed by atoms with Crippen molar-refractivity contribution in [2.45, 2.75) is 5.75 Å². The molecule has 0 radical (unpaired) electrons. The first-order valence-electron chi connectivity index (χ1n) is 3.79. The number of aromatic nitrogens is 1. The zero-order valence-electron chi connectivity index (χ0n) is 7.06. The van der Waals surface area contributed by atoms with Gasteiger partial charge in [0.1, 0.15) is 0 Å². The molecule has 0 unspecified atom stereocenters. The van der Waals surface area contributed by atoms with E-state index in [1.807, 2.05) is 12.1 Å². The number of rotatable bonds is 4. The van der Waals surface area contributed by atoms with Gasteiger partial charge in [-0.1, -0.05) is 6.07 Å². The highest BCUT2D eigenvalue weighted by Crippen LogP contribution is 2.09. The summed E-state index contributed by atoms with van der Waals surface area (Å²) in [5.74, 6) is 5.93. The summed E-state index contributed by atoms with van der Waals surface area (Å²) in [5, 5.41) is 0. The second-order valence-corrected chi connectivity index (χ2v) is 3.41. The van der Waals surface area contributed by atoms with E-state index in [9.17, 15) is 4.79 Å². The van der Waals surface area contributed by atoms with Crippen LogP contribution in [0.3, 0.4) is 0 Å². The lowest BCUT2D eigenvalue weighted by Crippen LogP contribution is -2.31. The molecule has 1 rings (SSSR count). The van der Waals surface area contributed by atoms with Crippen LogP contribution in [0.4, 0.5) is 0 Å². The lowest BCUT2D eigenvalue weighted by Gasteiger charge is -1.99. The number of nitrogens with two attached hydrogens (primary N) is 1. The quantitative estimate of drug-likeness (QED) is 0.414. The van der Waals surface area contributed by atoms with Crippen LogP contribution in [0, 0.1) is 0 Å². The Bertz CT molecular complexity index is 265. The van der Waals surface area contributed by atoms with Gasteiger partial charge in [-0.25, -0.2) is 5.84 Å². The molecule has 4 nitrogen and oxygen atoms in total. The third-order valence-corrected chi connectivity index (χ3v) is 2.39. The van der Waals surface area contributed by atoms with Gasteiger partial charge in [0.25, 0.3) is 0 Å². The molecule has 0 fully saturated rings. The molecule has 0 saturated heterocycles. The highest BCUT2D eigenvalue weighted by molar-refractivity contribution is 7.99. The number of carbonyl (C=O) groups excluding carboxylic acids is 1. The van der Waals surface area contributed by atoms with Gasteiger partial charge in [-0.2, -0.15) is 0 Å². The van der Waals surface area contributed by atoms with E-state index in [-0.39, 0.29) is 5.91 Å². The fourth-order valence-electron chi connectivity index (χ4n) is 0.787. The first kappa shape index (κ1) is 10.0. The van der Waals surface area contributed by atoms with E-state index in [4.69, 9.17) is 5.84 Å². The Balaban J connectivity index is 2.24. The average molecular weight is 197 g/mol. The maximum atomic E-state index is 10.7. The summed E-state index contributed by atoms with van der Waals surface area (Å²) >= 11 is 1.51. The van der Waals surface area contributed by atoms with E-state index in [2.05, 4.69) is 10.4 Å². The molecule has 1 aromatic heterocycles. The van der Waals surface area contributed by atoms with Crippen LogP contribution in [-0.2, 0) is 10.5 Å². The Labute approximate surface area is 80.9 Å². The molecule has 1 heterocycles. The molecular weight excluding hydrogens is 186 g/mol. The molecule has 0 atom stereocenters. The third kappa shape index (κ3) is 3.91. The van der Waals surface area contributed by atoms with E-state index in [1.165, 1.54) is 11.8 Å². The standard InChI is InChI=1S/C8H11N3OS/c9-11-8(12)6-13-5-7-2-1-3-10-4-7/h1-4H,5-6,9H2,(H,11,12). The second-order valence-electron chi connectivity index (χ2n) is 2.42. The largest absolute Gasteiger partial charge is 0.294 e. The number of hydrogen-bond donors (Lipinski definition) is 2. The maximum Gasteiger partial charge on any atom is 0.243 e. The minimum Gasteiger partial charge on any atom is -0.294 e. The average Bonchev–Trinajstić information content (AvgIpc) is 2.19. The second kappa shape index (κ2) is 5.55. The normalized spacial score (nSPS) is 9.62. The molecule has 5 heteroatoms. The van der Waals surface area contributed by atoms with E-state index in [0.29, 0.717) is 5.75 Å². The van der Waals surface area contributed by atoms with Crippen LogP contribution in [0.25, 0.3) is 0 Å². The van der Waals surface area contributed by atoms with Crippen molar-refractivity contribution in [3.05, 3.63) is 30.1 Å². The Hall–Kier alpha value is -1.07. The van der Waals surface area contributed by atoms with Gasteiger partial charge in [-0.3, -0.25) is 15.2 Å². The number of nitrogens with one attached hydrogen (secondary N) is 1. The zero-order chi connectivity index (χ0) is 9.52. The fraction of sp³-hybridized carbons (Fsp3) is 0.250. The van der Waals surface area contributed by atoms with Gasteiger partial charge in [-0.05, 0) is 11.6 Å². The Morgan fingerprint density at radius 2 is 2.54 bits per heavy atom. The van der Waals surface area contributed by atoms with Gasteiger partial charge < -0.3 is 0 Å². The molecule has 0 aliphatic rings. The van der Waals surface area contributed by atoms with Crippen LogP contribution in [0.2, 0.25) is 0 Å². The van der Waals surface area contributed by atoms with Crippen molar-refractivity contribution in [3.63, 3.8) is 0 Å². The summed E-state index contributed by atoms with van der Waals surface area (Å²) in [5.41, 5.74) is 3.18. The summed E-state index contributed by atoms with van der Waals surface area (Å²) in [7, 11) is 0. The van der Waals surface area contributed by atoms with E-state index >= 15 is 0 Å². The molecule has 0 aliphatic carbocycles. The highest BCUT2D eigenvalue weighted by Gasteiger charge is 1.98. The van der Waals surface area contributed by atoms with Crippen LogP contribution in [0.15, 0.2) is 24.5 Å². The fourth-order valence-corrected chi connectivity index (χ4v) is 1.56. The monoisotopic (exact) mass is 197 g/mol. The molecule has 0 saturated carbocycles. The number of amides is 1. The number of thioether (sulfide) groups is 1. The number of hydrazine groups is 1. The number of nitrogens with zero attached hydrogens (tertiary/aromatic N) is 1. The van der Waals surface area contributed by atoms with Crippen LogP contribution >= 0.6 is 11.8 Å². The van der Waals surface area contributed by atoms with Crippen LogP contribution < -0.4 is 11.3 Å². The van der Waals surface area contributed by atoms with Crippen molar-refractivity contribution in [3.8, 4) is 0 Å². The molecule has 0 bridgehead atoms. The van der Waals surface area contributed by atoms with Crippen molar-refractivity contribution in [1.82, 2.24) is 10.4 Å². The molecule has 13 heavy (non-hydrogen) atoms. The van der Waals surface area contributed by atoms with Gasteiger partial charge in [0.15, 0.2) is 0 Å². The molecule has 70 valence electrons. The van der Waals surface area contributed by atoms with Gasteiger partial charge in [-0.15, -0.1) is 11.8 Å². The summed E-state index contributed by atoms with van der Waals surface area (Å²) in [6, 6.07) is 3.85. The van der Waals surface area contributed by atoms with E-state index < -0.39 is 0 Å². The maximum absolute atomic E-state index is 10.7. The smallest absolute Gasteiger partial charge is 0.243 e. The Morgan fingerprint density at radius 3 is 3.15 bits per heavy atom. The minimum atomic E-state index is -0.158. The van der Waals surface area contributed by atoms with Crippen LogP contribution in [0.5, 0.6) is 0 Å².